The summed E-state index contributed by atoms with van der Waals surface area (Å²) < 4.78 is 28.1. The highest BCUT2D eigenvalue weighted by Gasteiger charge is 2.33. The zero-order chi connectivity index (χ0) is 24.0. The molecule has 1 heterocycles. The number of likely N-dealkylation sites (tertiary alicyclic amines) is 1. The summed E-state index contributed by atoms with van der Waals surface area (Å²) in [7, 11) is -3.96. The Kier molecular flexibility index (Phi) is 7.77. The Morgan fingerprint density at radius 3 is 1.97 bits per heavy atom. The first-order valence-corrected chi connectivity index (χ1v) is 13.1. The second kappa shape index (κ2) is 11.0. The van der Waals surface area contributed by atoms with Crippen LogP contribution in [0.15, 0.2) is 95.9 Å². The third-order valence-electron chi connectivity index (χ3n) is 6.53. The number of carbonyl (C=O) groups is 1. The summed E-state index contributed by atoms with van der Waals surface area (Å²) in [6, 6.07) is 26.6. The quantitative estimate of drug-likeness (QED) is 0.475. The van der Waals surface area contributed by atoms with E-state index in [-0.39, 0.29) is 17.4 Å². The van der Waals surface area contributed by atoms with Crippen molar-refractivity contribution in [3.05, 3.63) is 102 Å². The summed E-state index contributed by atoms with van der Waals surface area (Å²) >= 11 is 0. The van der Waals surface area contributed by atoms with Crippen molar-refractivity contribution < 1.29 is 18.3 Å². The zero-order valence-electron chi connectivity index (χ0n) is 19.0. The average Bonchev–Trinajstić information content (AvgIpc) is 2.88. The first-order valence-electron chi connectivity index (χ1n) is 11.6. The fraction of sp³-hybridized carbons (Fsp3) is 0.296. The average molecular weight is 479 g/mol. The van der Waals surface area contributed by atoms with Gasteiger partial charge in [0, 0.05) is 6.04 Å². The van der Waals surface area contributed by atoms with Crippen molar-refractivity contribution in [1.29, 1.82) is 0 Å². The molecule has 34 heavy (non-hydrogen) atoms. The number of hydrogen-bond donors (Lipinski definition) is 2. The molecule has 0 aromatic heterocycles. The van der Waals surface area contributed by atoms with Gasteiger partial charge in [-0.3, -0.25) is 9.69 Å². The van der Waals surface area contributed by atoms with Gasteiger partial charge in [0.2, 0.25) is 10.0 Å². The van der Waals surface area contributed by atoms with Gasteiger partial charge in [0.15, 0.2) is 0 Å². The van der Waals surface area contributed by atoms with E-state index in [0.717, 1.165) is 31.5 Å². The maximum absolute atomic E-state index is 12.9. The van der Waals surface area contributed by atoms with Gasteiger partial charge < -0.3 is 5.11 Å². The summed E-state index contributed by atoms with van der Waals surface area (Å²) in [5.41, 5.74) is 2.32. The van der Waals surface area contributed by atoms with Gasteiger partial charge in [-0.05, 0) is 61.5 Å². The van der Waals surface area contributed by atoms with Crippen LogP contribution >= 0.6 is 0 Å². The predicted octanol–water partition coefficient (Wildman–Crippen LogP) is 4.43. The van der Waals surface area contributed by atoms with Crippen LogP contribution < -0.4 is 4.72 Å². The first kappa shape index (κ1) is 24.1. The number of rotatable bonds is 9. The molecule has 3 aromatic carbocycles. The van der Waals surface area contributed by atoms with Gasteiger partial charge in [-0.2, -0.15) is 4.72 Å². The number of sulfonamides is 1. The summed E-state index contributed by atoms with van der Waals surface area (Å²) in [5, 5.41) is 9.92. The minimum absolute atomic E-state index is 0.0567. The van der Waals surface area contributed by atoms with E-state index in [1.807, 2.05) is 36.4 Å². The molecular formula is C27H30N2O4S. The van der Waals surface area contributed by atoms with E-state index in [0.29, 0.717) is 5.92 Å². The molecule has 2 atom stereocenters. The Morgan fingerprint density at radius 2 is 1.41 bits per heavy atom. The SMILES string of the molecule is O=C(O)C(CC(c1ccccc1)N1CCC(c2ccccc2)CC1)NS(=O)(=O)c1ccccc1. The van der Waals surface area contributed by atoms with E-state index in [4.69, 9.17) is 0 Å². The minimum Gasteiger partial charge on any atom is -0.480 e. The number of nitrogens with zero attached hydrogens (tertiary/aromatic N) is 1. The highest BCUT2D eigenvalue weighted by molar-refractivity contribution is 7.89. The Balaban J connectivity index is 1.53. The highest BCUT2D eigenvalue weighted by atomic mass is 32.2. The molecule has 1 aliphatic rings. The van der Waals surface area contributed by atoms with Crippen molar-refractivity contribution in [2.75, 3.05) is 13.1 Å². The molecule has 1 saturated heterocycles. The van der Waals surface area contributed by atoms with Crippen molar-refractivity contribution >= 4 is 16.0 Å². The van der Waals surface area contributed by atoms with Crippen molar-refractivity contribution in [2.24, 2.45) is 0 Å². The molecule has 2 unspecified atom stereocenters. The van der Waals surface area contributed by atoms with E-state index in [1.165, 1.54) is 17.7 Å². The van der Waals surface area contributed by atoms with Crippen molar-refractivity contribution in [2.45, 2.75) is 42.2 Å². The second-order valence-corrected chi connectivity index (χ2v) is 10.4. The maximum atomic E-state index is 12.9. The lowest BCUT2D eigenvalue weighted by atomic mass is 9.87. The van der Waals surface area contributed by atoms with Crippen molar-refractivity contribution in [1.82, 2.24) is 9.62 Å². The van der Waals surface area contributed by atoms with Crippen LogP contribution in [0.5, 0.6) is 0 Å². The van der Waals surface area contributed by atoms with Crippen LogP contribution in [0, 0.1) is 0 Å². The number of hydrogen-bond acceptors (Lipinski definition) is 4. The molecule has 0 aliphatic carbocycles. The molecule has 178 valence electrons. The van der Waals surface area contributed by atoms with Crippen LogP contribution in [0.1, 0.15) is 42.3 Å². The molecule has 0 bridgehead atoms. The number of nitrogens with one attached hydrogen (secondary N) is 1. The first-order chi connectivity index (χ1) is 16.4. The van der Waals surface area contributed by atoms with Gasteiger partial charge in [-0.15, -0.1) is 0 Å². The van der Waals surface area contributed by atoms with Crippen LogP contribution in [0.2, 0.25) is 0 Å². The number of benzene rings is 3. The molecule has 1 fully saturated rings. The highest BCUT2D eigenvalue weighted by Crippen LogP contribution is 2.34. The third kappa shape index (κ3) is 5.91. The van der Waals surface area contributed by atoms with Crippen LogP contribution in [-0.4, -0.2) is 43.5 Å². The topological polar surface area (TPSA) is 86.7 Å². The molecule has 2 N–H and O–H groups in total. The summed E-state index contributed by atoms with van der Waals surface area (Å²) in [6.45, 7) is 1.63. The normalized spacial score (nSPS) is 17.2. The van der Waals surface area contributed by atoms with Crippen LogP contribution in [-0.2, 0) is 14.8 Å². The van der Waals surface area contributed by atoms with E-state index < -0.39 is 22.0 Å². The summed E-state index contributed by atoms with van der Waals surface area (Å²) in [5.74, 6) is -0.708. The van der Waals surface area contributed by atoms with Gasteiger partial charge in [0.05, 0.1) is 4.90 Å². The number of piperidine rings is 1. The molecule has 0 radical (unpaired) electrons. The molecule has 1 aliphatic heterocycles. The van der Waals surface area contributed by atoms with E-state index in [2.05, 4.69) is 33.9 Å². The van der Waals surface area contributed by atoms with Gasteiger partial charge >= 0.3 is 5.97 Å². The van der Waals surface area contributed by atoms with E-state index in [1.54, 1.807) is 18.2 Å². The molecule has 0 spiro atoms. The molecule has 0 saturated carbocycles. The van der Waals surface area contributed by atoms with Crippen molar-refractivity contribution in [3.63, 3.8) is 0 Å². The lowest BCUT2D eigenvalue weighted by molar-refractivity contribution is -0.139. The van der Waals surface area contributed by atoms with Gasteiger partial charge in [0.25, 0.3) is 0 Å². The molecular weight excluding hydrogens is 448 g/mol. The third-order valence-corrected chi connectivity index (χ3v) is 8.02. The van der Waals surface area contributed by atoms with Crippen molar-refractivity contribution in [3.8, 4) is 0 Å². The number of aliphatic carboxylic acids is 1. The number of carboxylic acids is 1. The number of carboxylic acid groups (broad SMARTS) is 1. The van der Waals surface area contributed by atoms with Gasteiger partial charge in [-0.25, -0.2) is 8.42 Å². The summed E-state index contributed by atoms with van der Waals surface area (Å²) in [6.07, 6.45) is 2.09. The molecule has 7 heteroatoms. The monoisotopic (exact) mass is 478 g/mol. The fourth-order valence-electron chi connectivity index (χ4n) is 4.72. The Bertz CT molecular complexity index is 1160. The minimum atomic E-state index is -3.96. The Labute approximate surface area is 201 Å². The predicted molar refractivity (Wildman–Crippen MR) is 132 cm³/mol. The molecule has 3 aromatic rings. The summed E-state index contributed by atoms with van der Waals surface area (Å²) in [4.78, 5) is 14.5. The maximum Gasteiger partial charge on any atom is 0.321 e. The van der Waals surface area contributed by atoms with E-state index in [9.17, 15) is 18.3 Å². The lowest BCUT2D eigenvalue weighted by Gasteiger charge is -2.39. The smallest absolute Gasteiger partial charge is 0.321 e. The standard InChI is InChI=1S/C27H30N2O4S/c30-27(31)25(28-34(32,33)24-14-8-3-9-15-24)20-26(23-12-6-2-7-13-23)29-18-16-22(17-19-29)21-10-4-1-5-11-21/h1-15,22,25-26,28H,16-20H2,(H,30,31). The fourth-order valence-corrected chi connectivity index (χ4v) is 5.94. The Hall–Kier alpha value is -3.00. The van der Waals surface area contributed by atoms with Crippen LogP contribution in [0.4, 0.5) is 0 Å². The largest absolute Gasteiger partial charge is 0.480 e. The van der Waals surface area contributed by atoms with Gasteiger partial charge in [0.1, 0.15) is 6.04 Å². The second-order valence-electron chi connectivity index (χ2n) is 8.71. The van der Waals surface area contributed by atoms with Gasteiger partial charge in [-0.1, -0.05) is 78.9 Å². The van der Waals surface area contributed by atoms with Crippen LogP contribution in [0.3, 0.4) is 0 Å². The Morgan fingerprint density at radius 1 is 0.882 bits per heavy atom. The molecule has 4 rings (SSSR count). The molecule has 6 nitrogen and oxygen atoms in total. The van der Waals surface area contributed by atoms with Crippen LogP contribution in [0.25, 0.3) is 0 Å². The molecule has 0 amide bonds. The van der Waals surface area contributed by atoms with E-state index >= 15 is 0 Å². The lowest BCUT2D eigenvalue weighted by Crippen LogP contribution is -2.45. The zero-order valence-corrected chi connectivity index (χ0v) is 19.8.